The summed E-state index contributed by atoms with van der Waals surface area (Å²) in [6.07, 6.45) is 4.31. The minimum absolute atomic E-state index is 1.09. The highest BCUT2D eigenvalue weighted by Gasteiger charge is 2.04. The molecule has 0 saturated heterocycles. The van der Waals surface area contributed by atoms with E-state index in [1.165, 1.54) is 16.7 Å². The van der Waals surface area contributed by atoms with Crippen molar-refractivity contribution < 1.29 is 0 Å². The van der Waals surface area contributed by atoms with Gasteiger partial charge in [0.2, 0.25) is 0 Å². The molecule has 0 saturated carbocycles. The summed E-state index contributed by atoms with van der Waals surface area (Å²) < 4.78 is 0. The van der Waals surface area contributed by atoms with Crippen LogP contribution in [0.1, 0.15) is 19.8 Å². The third-order valence-electron chi connectivity index (χ3n) is 1.73. The van der Waals surface area contributed by atoms with E-state index in [1.807, 2.05) is 0 Å². The summed E-state index contributed by atoms with van der Waals surface area (Å²) in [4.78, 5) is 0. The summed E-state index contributed by atoms with van der Waals surface area (Å²) in [6.45, 7) is 9.89. The molecule has 0 radical (unpaired) electrons. The molecular weight excluding hydrogens is 108 g/mol. The molecule has 0 aliphatic heterocycles. The molecule has 0 fully saturated rings. The van der Waals surface area contributed by atoms with Crippen molar-refractivity contribution >= 4 is 0 Å². The maximum atomic E-state index is 3.92. The normalized spacial score (nSPS) is 19.9. The van der Waals surface area contributed by atoms with Gasteiger partial charge in [0, 0.05) is 0 Å². The van der Waals surface area contributed by atoms with Crippen LogP contribution in [0.15, 0.2) is 36.0 Å². The Balaban J connectivity index is 2.84. The summed E-state index contributed by atoms with van der Waals surface area (Å²) in [5.41, 5.74) is 3.80. The summed E-state index contributed by atoms with van der Waals surface area (Å²) in [7, 11) is 0. The van der Waals surface area contributed by atoms with Gasteiger partial charge in [-0.25, -0.2) is 0 Å². The average molecular weight is 120 g/mol. The van der Waals surface area contributed by atoms with Crippen LogP contribution in [-0.2, 0) is 0 Å². The van der Waals surface area contributed by atoms with Crippen molar-refractivity contribution in [3.8, 4) is 0 Å². The van der Waals surface area contributed by atoms with Crippen molar-refractivity contribution in [1.82, 2.24) is 0 Å². The summed E-state index contributed by atoms with van der Waals surface area (Å²) in [5.74, 6) is 0. The summed E-state index contributed by atoms with van der Waals surface area (Å²) in [5, 5.41) is 0. The van der Waals surface area contributed by atoms with Crippen LogP contribution in [0.2, 0.25) is 0 Å². The fourth-order valence-electron chi connectivity index (χ4n) is 0.989. The molecule has 0 bridgehead atoms. The first kappa shape index (κ1) is 6.34. The van der Waals surface area contributed by atoms with Crippen LogP contribution in [0.3, 0.4) is 0 Å². The number of rotatable bonds is 0. The molecule has 0 spiro atoms. The summed E-state index contributed by atoms with van der Waals surface area (Å²) in [6, 6.07) is 0. The lowest BCUT2D eigenvalue weighted by Crippen LogP contribution is -1.93. The van der Waals surface area contributed by atoms with Gasteiger partial charge in [-0.2, -0.15) is 0 Å². The Kier molecular flexibility index (Phi) is 1.56. The maximum absolute atomic E-state index is 3.92. The highest BCUT2D eigenvalue weighted by molar-refractivity contribution is 5.37. The van der Waals surface area contributed by atoms with Gasteiger partial charge >= 0.3 is 0 Å². The van der Waals surface area contributed by atoms with Crippen LogP contribution in [0.4, 0.5) is 0 Å². The molecule has 0 heteroatoms. The van der Waals surface area contributed by atoms with Crippen LogP contribution < -0.4 is 0 Å². The third-order valence-corrected chi connectivity index (χ3v) is 1.73. The van der Waals surface area contributed by atoms with Gasteiger partial charge in [0.05, 0.1) is 0 Å². The van der Waals surface area contributed by atoms with Gasteiger partial charge in [0.15, 0.2) is 0 Å². The molecule has 1 aliphatic rings. The largest absolute Gasteiger partial charge is 0.0958 e. The maximum Gasteiger partial charge on any atom is -0.0242 e. The highest BCUT2D eigenvalue weighted by Crippen LogP contribution is 2.23. The van der Waals surface area contributed by atoms with Gasteiger partial charge in [-0.3, -0.25) is 0 Å². The van der Waals surface area contributed by atoms with E-state index in [-0.39, 0.29) is 0 Å². The Labute approximate surface area is 56.6 Å². The van der Waals surface area contributed by atoms with Crippen LogP contribution >= 0.6 is 0 Å². The average Bonchev–Trinajstić information content (AvgIpc) is 1.80. The topological polar surface area (TPSA) is 0 Å². The monoisotopic (exact) mass is 120 g/mol. The Morgan fingerprint density at radius 3 is 2.44 bits per heavy atom. The lowest BCUT2D eigenvalue weighted by molar-refractivity contribution is 0.928. The first-order chi connectivity index (χ1) is 4.20. The Hall–Kier alpha value is -0.780. The fraction of sp³-hybridized carbons (Fsp3) is 0.333. The van der Waals surface area contributed by atoms with Gasteiger partial charge < -0.3 is 0 Å². The van der Waals surface area contributed by atoms with Crippen LogP contribution in [0, 0.1) is 0 Å². The molecule has 0 aromatic rings. The third kappa shape index (κ3) is 1.32. The second kappa shape index (κ2) is 2.22. The molecule has 48 valence electrons. The molecule has 0 aromatic heterocycles. The molecule has 0 heterocycles. The SMILES string of the molecule is C=C1C=C(C)C(=C)CC1. The van der Waals surface area contributed by atoms with E-state index < -0.39 is 0 Å². The first-order valence-corrected chi connectivity index (χ1v) is 3.24. The molecule has 0 N–H and O–H groups in total. The zero-order valence-electron chi connectivity index (χ0n) is 5.91. The number of hydrogen-bond acceptors (Lipinski definition) is 0. The molecule has 9 heavy (non-hydrogen) atoms. The second-order valence-corrected chi connectivity index (χ2v) is 2.59. The van der Waals surface area contributed by atoms with Crippen LogP contribution in [0.25, 0.3) is 0 Å². The fourth-order valence-corrected chi connectivity index (χ4v) is 0.989. The predicted octanol–water partition coefficient (Wildman–Crippen LogP) is 2.84. The van der Waals surface area contributed by atoms with Crippen LogP contribution in [-0.4, -0.2) is 0 Å². The minimum atomic E-state index is 1.09. The van der Waals surface area contributed by atoms with Crippen molar-refractivity contribution in [2.75, 3.05) is 0 Å². The van der Waals surface area contributed by atoms with Crippen molar-refractivity contribution in [3.63, 3.8) is 0 Å². The van der Waals surface area contributed by atoms with Crippen molar-refractivity contribution in [1.29, 1.82) is 0 Å². The van der Waals surface area contributed by atoms with Gasteiger partial charge in [-0.15, -0.1) is 0 Å². The molecule has 0 atom stereocenters. The van der Waals surface area contributed by atoms with Crippen LogP contribution in [0.5, 0.6) is 0 Å². The Bertz CT molecular complexity index is 182. The van der Waals surface area contributed by atoms with E-state index in [1.54, 1.807) is 0 Å². The lowest BCUT2D eigenvalue weighted by Gasteiger charge is -2.12. The van der Waals surface area contributed by atoms with Gasteiger partial charge in [0.1, 0.15) is 0 Å². The standard InChI is InChI=1S/C9H12/c1-7-4-5-8(2)9(3)6-7/h6H,1-2,4-5H2,3H3. The van der Waals surface area contributed by atoms with E-state index in [9.17, 15) is 0 Å². The second-order valence-electron chi connectivity index (χ2n) is 2.59. The van der Waals surface area contributed by atoms with E-state index in [0.717, 1.165) is 12.8 Å². The first-order valence-electron chi connectivity index (χ1n) is 3.24. The van der Waals surface area contributed by atoms with E-state index in [0.29, 0.717) is 0 Å². The molecule has 0 amide bonds. The number of hydrogen-bond donors (Lipinski definition) is 0. The number of allylic oxidation sites excluding steroid dienone is 4. The molecule has 0 unspecified atom stereocenters. The lowest BCUT2D eigenvalue weighted by atomic mass is 9.93. The highest BCUT2D eigenvalue weighted by atomic mass is 14.1. The van der Waals surface area contributed by atoms with Crippen molar-refractivity contribution in [3.05, 3.63) is 36.0 Å². The molecular formula is C9H12. The van der Waals surface area contributed by atoms with Gasteiger partial charge in [-0.05, 0) is 25.3 Å². The molecule has 1 aliphatic carbocycles. The molecule has 0 nitrogen and oxygen atoms in total. The Morgan fingerprint density at radius 1 is 1.33 bits per heavy atom. The Morgan fingerprint density at radius 2 is 2.00 bits per heavy atom. The smallest absolute Gasteiger partial charge is 0.0242 e. The van der Waals surface area contributed by atoms with Gasteiger partial charge in [-0.1, -0.05) is 30.4 Å². The van der Waals surface area contributed by atoms with Crippen molar-refractivity contribution in [2.24, 2.45) is 0 Å². The zero-order valence-corrected chi connectivity index (χ0v) is 5.91. The molecule has 1 rings (SSSR count). The van der Waals surface area contributed by atoms with E-state index in [4.69, 9.17) is 0 Å². The zero-order chi connectivity index (χ0) is 6.85. The minimum Gasteiger partial charge on any atom is -0.0958 e. The predicted molar refractivity (Wildman–Crippen MR) is 41.3 cm³/mol. The quantitative estimate of drug-likeness (QED) is 0.461. The molecule has 0 aromatic carbocycles. The van der Waals surface area contributed by atoms with E-state index >= 15 is 0 Å². The van der Waals surface area contributed by atoms with E-state index in [2.05, 4.69) is 26.2 Å². The van der Waals surface area contributed by atoms with Crippen molar-refractivity contribution in [2.45, 2.75) is 19.8 Å². The summed E-state index contributed by atoms with van der Waals surface area (Å²) >= 11 is 0. The van der Waals surface area contributed by atoms with Gasteiger partial charge in [0.25, 0.3) is 0 Å².